The number of amides is 1. The summed E-state index contributed by atoms with van der Waals surface area (Å²) < 4.78 is 10.9. The Balaban J connectivity index is 1.97. The van der Waals surface area contributed by atoms with Gasteiger partial charge in [0.15, 0.2) is 6.61 Å². The molecule has 0 spiro atoms. The summed E-state index contributed by atoms with van der Waals surface area (Å²) in [5.74, 6) is 0.952. The van der Waals surface area contributed by atoms with Crippen molar-refractivity contribution in [3.05, 3.63) is 64.2 Å². The number of phenols is 1. The van der Waals surface area contributed by atoms with Gasteiger partial charge in [-0.2, -0.15) is 15.0 Å². The van der Waals surface area contributed by atoms with E-state index in [2.05, 4.69) is 25.6 Å². The molecule has 3 rings (SSSR count). The summed E-state index contributed by atoms with van der Waals surface area (Å²) >= 11 is 11.8. The Hall–Kier alpha value is -3.30. The second-order valence-corrected chi connectivity index (χ2v) is 6.91. The van der Waals surface area contributed by atoms with Gasteiger partial charge in [0.25, 0.3) is 5.91 Å². The van der Waals surface area contributed by atoms with Crippen molar-refractivity contribution in [3.8, 4) is 17.2 Å². The van der Waals surface area contributed by atoms with E-state index in [1.165, 1.54) is 20.2 Å². The second kappa shape index (κ2) is 10.1. The van der Waals surface area contributed by atoms with Gasteiger partial charge < -0.3 is 25.2 Å². The first kappa shape index (κ1) is 22.4. The molecule has 11 heteroatoms. The quantitative estimate of drug-likeness (QED) is 0.465. The molecule has 3 N–H and O–H groups in total. The van der Waals surface area contributed by atoms with Crippen molar-refractivity contribution in [3.63, 3.8) is 0 Å². The molecule has 9 nitrogen and oxygen atoms in total. The molecule has 3 aromatic rings. The van der Waals surface area contributed by atoms with Crippen molar-refractivity contribution in [1.29, 1.82) is 0 Å². The van der Waals surface area contributed by atoms with Crippen LogP contribution in [-0.2, 0) is 4.79 Å². The van der Waals surface area contributed by atoms with E-state index >= 15 is 0 Å². The average Bonchev–Trinajstić information content (AvgIpc) is 2.75. The summed E-state index contributed by atoms with van der Waals surface area (Å²) in [6.07, 6.45) is 0. The highest BCUT2D eigenvalue weighted by atomic mass is 35.5. The highest BCUT2D eigenvalue weighted by molar-refractivity contribution is 6.31. The molecule has 0 bridgehead atoms. The largest absolute Gasteiger partial charge is 0.508 e. The lowest BCUT2D eigenvalue weighted by atomic mass is 9.97. The van der Waals surface area contributed by atoms with Crippen molar-refractivity contribution in [2.75, 3.05) is 26.1 Å². The number of halogens is 2. The Morgan fingerprint density at radius 2 is 1.77 bits per heavy atom. The number of rotatable bonds is 8. The molecule has 0 saturated heterocycles. The standard InChI is InChI=1S/C20H19Cl2N5O4/c1-23-16(29)10-31-13-6-3-11(4-7-13)17(14-8-5-12(28)9-15(14)30-2)24-20-26-18(21)25-19(22)27-20/h3-9,17,28H,10H2,1-2H3,(H,23,29)(H,24,25,26,27). The zero-order valence-electron chi connectivity index (χ0n) is 16.6. The van der Waals surface area contributed by atoms with Gasteiger partial charge in [-0.05, 0) is 53.0 Å². The number of hydrogen-bond acceptors (Lipinski definition) is 8. The Morgan fingerprint density at radius 1 is 1.10 bits per heavy atom. The molecule has 1 heterocycles. The number of aromatic hydroxyl groups is 1. The van der Waals surface area contributed by atoms with Gasteiger partial charge in [-0.1, -0.05) is 12.1 Å². The number of methoxy groups -OCH3 is 1. The molecule has 1 amide bonds. The summed E-state index contributed by atoms with van der Waals surface area (Å²) in [6.45, 7) is -0.0921. The fourth-order valence-corrected chi connectivity index (χ4v) is 3.14. The van der Waals surface area contributed by atoms with Gasteiger partial charge in [0.05, 0.1) is 13.2 Å². The molecule has 0 saturated carbocycles. The van der Waals surface area contributed by atoms with Gasteiger partial charge in [0, 0.05) is 18.7 Å². The molecule has 0 radical (unpaired) electrons. The molecule has 0 fully saturated rings. The van der Waals surface area contributed by atoms with Crippen molar-refractivity contribution in [2.24, 2.45) is 0 Å². The number of likely N-dealkylation sites (N-methyl/N-ethyl adjacent to an activating group) is 1. The van der Waals surface area contributed by atoms with E-state index < -0.39 is 6.04 Å². The smallest absolute Gasteiger partial charge is 0.257 e. The van der Waals surface area contributed by atoms with Crippen LogP contribution in [0.2, 0.25) is 10.6 Å². The van der Waals surface area contributed by atoms with Crippen LogP contribution in [0.1, 0.15) is 17.2 Å². The summed E-state index contributed by atoms with van der Waals surface area (Å²) in [4.78, 5) is 23.3. The zero-order chi connectivity index (χ0) is 22.4. The average molecular weight is 464 g/mol. The van der Waals surface area contributed by atoms with Gasteiger partial charge in [0.1, 0.15) is 17.2 Å². The topological polar surface area (TPSA) is 118 Å². The molecule has 0 aliphatic heterocycles. The first-order chi connectivity index (χ1) is 14.9. The highest BCUT2D eigenvalue weighted by Crippen LogP contribution is 2.35. The minimum Gasteiger partial charge on any atom is -0.508 e. The number of aromatic nitrogens is 3. The predicted molar refractivity (Wildman–Crippen MR) is 116 cm³/mol. The van der Waals surface area contributed by atoms with Crippen LogP contribution in [-0.4, -0.2) is 46.7 Å². The van der Waals surface area contributed by atoms with E-state index in [0.717, 1.165) is 5.56 Å². The predicted octanol–water partition coefficient (Wildman–Crippen LogP) is 3.22. The van der Waals surface area contributed by atoms with E-state index in [1.807, 2.05) is 12.1 Å². The molecule has 1 aromatic heterocycles. The molecule has 1 unspecified atom stereocenters. The molecule has 31 heavy (non-hydrogen) atoms. The van der Waals surface area contributed by atoms with Crippen LogP contribution in [0.25, 0.3) is 0 Å². The fourth-order valence-electron chi connectivity index (χ4n) is 2.78. The number of nitrogens with one attached hydrogen (secondary N) is 2. The molecular weight excluding hydrogens is 445 g/mol. The third kappa shape index (κ3) is 5.87. The normalized spacial score (nSPS) is 11.5. The third-order valence-electron chi connectivity index (χ3n) is 4.24. The molecule has 2 aromatic carbocycles. The van der Waals surface area contributed by atoms with Crippen molar-refractivity contribution < 1.29 is 19.4 Å². The fraction of sp³-hybridized carbons (Fsp3) is 0.200. The molecule has 162 valence electrons. The first-order valence-corrected chi connectivity index (χ1v) is 9.79. The van der Waals surface area contributed by atoms with Gasteiger partial charge in [-0.3, -0.25) is 4.79 Å². The number of carbonyl (C=O) groups is 1. The van der Waals surface area contributed by atoms with Crippen molar-refractivity contribution in [1.82, 2.24) is 20.3 Å². The third-order valence-corrected chi connectivity index (χ3v) is 4.58. The van der Waals surface area contributed by atoms with E-state index in [0.29, 0.717) is 17.1 Å². The molecule has 1 atom stereocenters. The molecular formula is C20H19Cl2N5O4. The van der Waals surface area contributed by atoms with Gasteiger partial charge >= 0.3 is 0 Å². The zero-order valence-corrected chi connectivity index (χ0v) is 18.1. The van der Waals surface area contributed by atoms with Gasteiger partial charge in [-0.25, -0.2) is 0 Å². The van der Waals surface area contributed by atoms with E-state index in [9.17, 15) is 9.90 Å². The summed E-state index contributed by atoms with van der Waals surface area (Å²) in [6, 6.07) is 11.3. The number of carbonyl (C=O) groups excluding carboxylic acids is 1. The van der Waals surface area contributed by atoms with Crippen molar-refractivity contribution >= 4 is 35.1 Å². The maximum Gasteiger partial charge on any atom is 0.257 e. The lowest BCUT2D eigenvalue weighted by Crippen LogP contribution is -2.24. The van der Waals surface area contributed by atoms with Crippen LogP contribution in [0, 0.1) is 0 Å². The summed E-state index contributed by atoms with van der Waals surface area (Å²) in [5.41, 5.74) is 1.50. The highest BCUT2D eigenvalue weighted by Gasteiger charge is 2.21. The van der Waals surface area contributed by atoms with Crippen LogP contribution in [0.3, 0.4) is 0 Å². The summed E-state index contributed by atoms with van der Waals surface area (Å²) in [7, 11) is 3.04. The maximum absolute atomic E-state index is 11.4. The summed E-state index contributed by atoms with van der Waals surface area (Å²) in [5, 5.41) is 15.4. The number of nitrogens with zero attached hydrogens (tertiary/aromatic N) is 3. The van der Waals surface area contributed by atoms with Gasteiger partial charge in [0.2, 0.25) is 16.5 Å². The van der Waals surface area contributed by atoms with Crippen molar-refractivity contribution in [2.45, 2.75) is 6.04 Å². The first-order valence-electron chi connectivity index (χ1n) is 9.03. The van der Waals surface area contributed by atoms with Crippen LogP contribution < -0.4 is 20.1 Å². The van der Waals surface area contributed by atoms with E-state index in [1.54, 1.807) is 24.3 Å². The number of anilines is 1. The lowest BCUT2D eigenvalue weighted by Gasteiger charge is -2.22. The second-order valence-electron chi connectivity index (χ2n) is 6.23. The Morgan fingerprint density at radius 3 is 2.39 bits per heavy atom. The minimum absolute atomic E-state index is 0.0585. The number of ether oxygens (including phenoxy) is 2. The van der Waals surface area contributed by atoms with Crippen LogP contribution in [0.5, 0.6) is 17.2 Å². The number of benzene rings is 2. The van der Waals surface area contributed by atoms with Crippen LogP contribution >= 0.6 is 23.2 Å². The van der Waals surface area contributed by atoms with E-state index in [-0.39, 0.29) is 34.8 Å². The van der Waals surface area contributed by atoms with Crippen LogP contribution in [0.15, 0.2) is 42.5 Å². The van der Waals surface area contributed by atoms with Crippen LogP contribution in [0.4, 0.5) is 5.95 Å². The van der Waals surface area contributed by atoms with E-state index in [4.69, 9.17) is 32.7 Å². The monoisotopic (exact) mass is 463 g/mol. The number of hydrogen-bond donors (Lipinski definition) is 3. The SMILES string of the molecule is CNC(=O)COc1ccc(C(Nc2nc(Cl)nc(Cl)n2)c2ccc(O)cc2OC)cc1. The van der Waals surface area contributed by atoms with Gasteiger partial charge in [-0.15, -0.1) is 0 Å². The Labute approximate surface area is 188 Å². The maximum atomic E-state index is 11.4. The molecule has 0 aliphatic carbocycles. The Bertz CT molecular complexity index is 1050. The number of phenolic OH excluding ortho intramolecular Hbond substituents is 1. The Kier molecular flexibility index (Phi) is 7.32. The molecule has 0 aliphatic rings. The minimum atomic E-state index is -0.502. The lowest BCUT2D eigenvalue weighted by molar-refractivity contribution is -0.122.